The average molecular weight is 340 g/mol. The molecule has 0 heterocycles. The molecular formula is C17H16N4O2S. The Morgan fingerprint density at radius 3 is 1.88 bits per heavy atom. The molecule has 2 rings (SSSR count). The normalized spacial score (nSPS) is 10.4. The van der Waals surface area contributed by atoms with Gasteiger partial charge in [0.2, 0.25) is 5.11 Å². The molecule has 2 aromatic rings. The van der Waals surface area contributed by atoms with Crippen molar-refractivity contribution >= 4 is 40.3 Å². The first-order valence-corrected chi connectivity index (χ1v) is 7.56. The molecule has 0 saturated carbocycles. The zero-order valence-corrected chi connectivity index (χ0v) is 14.1. The second-order valence-corrected chi connectivity index (χ2v) is 5.38. The largest absolute Gasteiger partial charge is 0.299 e. The lowest BCUT2D eigenvalue weighted by Crippen LogP contribution is -2.25. The topological polar surface area (TPSA) is 82.9 Å². The second kappa shape index (κ2) is 8.07. The molecular weight excluding hydrogens is 324 g/mol. The number of Topliss-reactive ketones (excluding diaryl/α,β-unsaturated/α-hetero) is 2. The number of hydrogen-bond acceptors (Lipinski definition) is 5. The van der Waals surface area contributed by atoms with Gasteiger partial charge in [0.25, 0.3) is 0 Å². The van der Waals surface area contributed by atoms with Crippen LogP contribution in [-0.4, -0.2) is 16.7 Å². The van der Waals surface area contributed by atoms with E-state index in [9.17, 15) is 9.59 Å². The molecule has 0 fully saturated rings. The lowest BCUT2D eigenvalue weighted by molar-refractivity contribution is 0.100. The van der Waals surface area contributed by atoms with Crippen molar-refractivity contribution in [2.45, 2.75) is 13.8 Å². The SMILES string of the molecule is CC(=O)c1ccc(N=NC(=S)NNc2ccc(C(C)=O)cc2)cc1. The third-order valence-electron chi connectivity index (χ3n) is 3.14. The van der Waals surface area contributed by atoms with Crippen LogP contribution in [0.5, 0.6) is 0 Å². The number of carbonyl (C=O) groups excluding carboxylic acids is 2. The third kappa shape index (κ3) is 5.06. The molecule has 0 aliphatic heterocycles. The van der Waals surface area contributed by atoms with Gasteiger partial charge >= 0.3 is 0 Å². The van der Waals surface area contributed by atoms with Crippen LogP contribution in [0.15, 0.2) is 58.8 Å². The summed E-state index contributed by atoms with van der Waals surface area (Å²) in [5.41, 5.74) is 8.18. The molecule has 0 amide bonds. The highest BCUT2D eigenvalue weighted by molar-refractivity contribution is 7.80. The van der Waals surface area contributed by atoms with E-state index in [-0.39, 0.29) is 16.7 Å². The number of nitrogens with one attached hydrogen (secondary N) is 2. The van der Waals surface area contributed by atoms with Crippen molar-refractivity contribution in [1.82, 2.24) is 5.43 Å². The van der Waals surface area contributed by atoms with E-state index in [1.54, 1.807) is 48.5 Å². The lowest BCUT2D eigenvalue weighted by atomic mass is 10.1. The maximum Gasteiger partial charge on any atom is 0.232 e. The van der Waals surface area contributed by atoms with Crippen molar-refractivity contribution in [3.63, 3.8) is 0 Å². The molecule has 122 valence electrons. The number of azo groups is 1. The Bertz CT molecular complexity index is 783. The van der Waals surface area contributed by atoms with E-state index in [4.69, 9.17) is 12.2 Å². The predicted molar refractivity (Wildman–Crippen MR) is 96.8 cm³/mol. The summed E-state index contributed by atoms with van der Waals surface area (Å²) < 4.78 is 0. The van der Waals surface area contributed by atoms with Crippen LogP contribution in [0.3, 0.4) is 0 Å². The summed E-state index contributed by atoms with van der Waals surface area (Å²) in [6.07, 6.45) is 0. The van der Waals surface area contributed by atoms with Gasteiger partial charge in [-0.2, -0.15) is 0 Å². The monoisotopic (exact) mass is 340 g/mol. The molecule has 0 aromatic heterocycles. The summed E-state index contributed by atoms with van der Waals surface area (Å²) in [6.45, 7) is 3.02. The van der Waals surface area contributed by atoms with Gasteiger partial charge < -0.3 is 0 Å². The fourth-order valence-corrected chi connectivity index (χ4v) is 1.90. The summed E-state index contributed by atoms with van der Waals surface area (Å²) in [4.78, 5) is 22.4. The van der Waals surface area contributed by atoms with Crippen LogP contribution in [0.25, 0.3) is 0 Å². The number of carbonyl (C=O) groups is 2. The average Bonchev–Trinajstić information content (AvgIpc) is 2.58. The van der Waals surface area contributed by atoms with Gasteiger partial charge in [0.15, 0.2) is 11.6 Å². The molecule has 0 radical (unpaired) electrons. The molecule has 0 saturated heterocycles. The Morgan fingerprint density at radius 1 is 0.875 bits per heavy atom. The maximum absolute atomic E-state index is 11.2. The van der Waals surface area contributed by atoms with Crippen LogP contribution < -0.4 is 10.9 Å². The van der Waals surface area contributed by atoms with Crippen LogP contribution in [0, 0.1) is 0 Å². The summed E-state index contributed by atoms with van der Waals surface area (Å²) in [5.74, 6) is 0.00490. The fraction of sp³-hybridized carbons (Fsp3) is 0.118. The number of rotatable bonds is 5. The number of anilines is 1. The van der Waals surface area contributed by atoms with Crippen LogP contribution in [-0.2, 0) is 0 Å². The zero-order valence-electron chi connectivity index (χ0n) is 13.2. The molecule has 2 N–H and O–H groups in total. The van der Waals surface area contributed by atoms with E-state index in [1.165, 1.54) is 13.8 Å². The van der Waals surface area contributed by atoms with Crippen molar-refractivity contribution < 1.29 is 9.59 Å². The van der Waals surface area contributed by atoms with Gasteiger partial charge in [0, 0.05) is 11.1 Å². The van der Waals surface area contributed by atoms with Crippen molar-refractivity contribution in [3.05, 3.63) is 59.7 Å². The van der Waals surface area contributed by atoms with Crippen LogP contribution in [0.1, 0.15) is 34.6 Å². The summed E-state index contributed by atoms with van der Waals surface area (Å²) >= 11 is 5.04. The summed E-state index contributed by atoms with van der Waals surface area (Å²) in [7, 11) is 0. The molecule has 2 aromatic carbocycles. The third-order valence-corrected chi connectivity index (χ3v) is 3.32. The highest BCUT2D eigenvalue weighted by Crippen LogP contribution is 2.14. The standard InChI is InChI=1S/C17H16N4O2S/c1-11(22)13-3-7-15(8-4-13)18-20-17(24)21-19-16-9-5-14(6-10-16)12(2)23/h3-10,18H,1-2H3,(H,20,24). The quantitative estimate of drug-likeness (QED) is 0.371. The first-order valence-electron chi connectivity index (χ1n) is 7.15. The Labute approximate surface area is 145 Å². The Balaban J connectivity index is 1.88. The highest BCUT2D eigenvalue weighted by atomic mass is 32.1. The molecule has 0 spiro atoms. The Kier molecular flexibility index (Phi) is 5.86. The van der Waals surface area contributed by atoms with E-state index < -0.39 is 0 Å². The second-order valence-electron chi connectivity index (χ2n) is 4.99. The van der Waals surface area contributed by atoms with E-state index in [2.05, 4.69) is 21.1 Å². The minimum absolute atomic E-state index is 0.00401. The van der Waals surface area contributed by atoms with Gasteiger partial charge in [-0.1, -0.05) is 0 Å². The van der Waals surface area contributed by atoms with Gasteiger partial charge in [-0.3, -0.25) is 20.4 Å². The summed E-state index contributed by atoms with van der Waals surface area (Å²) in [6, 6.07) is 13.7. The van der Waals surface area contributed by atoms with E-state index in [0.29, 0.717) is 16.8 Å². The van der Waals surface area contributed by atoms with E-state index in [0.717, 1.165) is 5.69 Å². The first-order chi connectivity index (χ1) is 11.5. The smallest absolute Gasteiger partial charge is 0.232 e. The van der Waals surface area contributed by atoms with Crippen molar-refractivity contribution in [2.24, 2.45) is 10.2 Å². The number of hydrazine groups is 1. The van der Waals surface area contributed by atoms with Crippen molar-refractivity contribution in [3.8, 4) is 0 Å². The Hall–Kier alpha value is -2.93. The molecule has 6 nitrogen and oxygen atoms in total. The molecule has 0 bridgehead atoms. The van der Waals surface area contributed by atoms with Gasteiger partial charge in [-0.25, -0.2) is 0 Å². The van der Waals surface area contributed by atoms with Gasteiger partial charge in [0.1, 0.15) is 0 Å². The molecule has 7 heteroatoms. The predicted octanol–water partition coefficient (Wildman–Crippen LogP) is 4.08. The van der Waals surface area contributed by atoms with Crippen LogP contribution >= 0.6 is 12.2 Å². The Morgan fingerprint density at radius 2 is 1.38 bits per heavy atom. The molecule has 24 heavy (non-hydrogen) atoms. The van der Waals surface area contributed by atoms with Gasteiger partial charge in [-0.05, 0) is 74.6 Å². The number of benzene rings is 2. The van der Waals surface area contributed by atoms with Gasteiger partial charge in [-0.15, -0.1) is 10.2 Å². The maximum atomic E-state index is 11.2. The van der Waals surface area contributed by atoms with Gasteiger partial charge in [0.05, 0.1) is 11.4 Å². The molecule has 0 unspecified atom stereocenters. The minimum Gasteiger partial charge on any atom is -0.299 e. The van der Waals surface area contributed by atoms with Crippen molar-refractivity contribution in [1.29, 1.82) is 0 Å². The number of ketones is 2. The molecule has 0 aliphatic rings. The van der Waals surface area contributed by atoms with E-state index in [1.807, 2.05) is 0 Å². The van der Waals surface area contributed by atoms with E-state index >= 15 is 0 Å². The van der Waals surface area contributed by atoms with Crippen LogP contribution in [0.4, 0.5) is 11.4 Å². The number of hydrogen-bond donors (Lipinski definition) is 2. The number of nitrogens with zero attached hydrogens (tertiary/aromatic N) is 2. The fourth-order valence-electron chi connectivity index (χ4n) is 1.80. The zero-order chi connectivity index (χ0) is 17.5. The first kappa shape index (κ1) is 17.4. The molecule has 0 atom stereocenters. The highest BCUT2D eigenvalue weighted by Gasteiger charge is 2.00. The lowest BCUT2D eigenvalue weighted by Gasteiger charge is -2.07. The van der Waals surface area contributed by atoms with Crippen LogP contribution in [0.2, 0.25) is 0 Å². The van der Waals surface area contributed by atoms with Crippen molar-refractivity contribution in [2.75, 3.05) is 5.43 Å². The number of thiocarbonyl (C=S) groups is 1. The summed E-state index contributed by atoms with van der Waals surface area (Å²) in [5, 5.41) is 8.01. The molecule has 0 aliphatic carbocycles. The minimum atomic E-state index is -0.00401.